The molecule has 1 aliphatic rings. The van der Waals surface area contributed by atoms with Crippen LogP contribution in [0.4, 0.5) is 9.18 Å². The molecule has 1 N–H and O–H groups in total. The van der Waals surface area contributed by atoms with E-state index in [4.69, 9.17) is 0 Å². The topological polar surface area (TPSA) is 45.2 Å². The van der Waals surface area contributed by atoms with Crippen molar-refractivity contribution in [3.63, 3.8) is 0 Å². The van der Waals surface area contributed by atoms with Crippen molar-refractivity contribution in [1.29, 1.82) is 0 Å². The summed E-state index contributed by atoms with van der Waals surface area (Å²) in [6.45, 7) is 2.53. The maximum atomic E-state index is 13.3. The molecular weight excluding hydrogens is 329 g/mol. The lowest BCUT2D eigenvalue weighted by molar-refractivity contribution is 0.190. The number of urea groups is 1. The molecule has 138 valence electrons. The Bertz CT molecular complexity index is 727. The predicted molar refractivity (Wildman–Crippen MR) is 100 cm³/mol. The van der Waals surface area contributed by atoms with Gasteiger partial charge in [-0.2, -0.15) is 0 Å². The molecular formula is C21H26FN3O. The minimum Gasteiger partial charge on any atom is -0.337 e. The number of nitrogens with zero attached hydrogens (tertiary/aromatic N) is 2. The van der Waals surface area contributed by atoms with Crippen molar-refractivity contribution in [3.8, 4) is 0 Å². The fourth-order valence-electron chi connectivity index (χ4n) is 3.79. The highest BCUT2D eigenvalue weighted by Gasteiger charge is 2.36. The number of nitrogens with one attached hydrogen (secondary N) is 1. The summed E-state index contributed by atoms with van der Waals surface area (Å²) in [4.78, 5) is 18.7. The van der Waals surface area contributed by atoms with Crippen LogP contribution in [-0.4, -0.2) is 29.5 Å². The summed E-state index contributed by atoms with van der Waals surface area (Å²) >= 11 is 0. The maximum Gasteiger partial charge on any atom is 0.317 e. The Balaban J connectivity index is 1.67. The molecule has 4 nitrogen and oxygen atoms in total. The highest BCUT2D eigenvalue weighted by atomic mass is 19.1. The molecule has 0 aliphatic heterocycles. The first-order valence-electron chi connectivity index (χ1n) is 9.19. The van der Waals surface area contributed by atoms with Gasteiger partial charge < -0.3 is 10.2 Å². The number of carbonyl (C=O) groups is 1. The highest BCUT2D eigenvalue weighted by molar-refractivity contribution is 5.74. The summed E-state index contributed by atoms with van der Waals surface area (Å²) in [5.74, 6) is -0.227. The molecule has 0 bridgehead atoms. The van der Waals surface area contributed by atoms with Crippen LogP contribution in [-0.2, 0) is 5.41 Å². The first-order chi connectivity index (χ1) is 12.5. The van der Waals surface area contributed by atoms with Gasteiger partial charge in [0.25, 0.3) is 0 Å². The van der Waals surface area contributed by atoms with Crippen molar-refractivity contribution in [3.05, 3.63) is 65.7 Å². The van der Waals surface area contributed by atoms with E-state index in [-0.39, 0.29) is 23.3 Å². The van der Waals surface area contributed by atoms with Crippen molar-refractivity contribution in [2.24, 2.45) is 0 Å². The largest absolute Gasteiger partial charge is 0.337 e. The van der Waals surface area contributed by atoms with E-state index in [0.717, 1.165) is 36.9 Å². The van der Waals surface area contributed by atoms with Gasteiger partial charge in [-0.3, -0.25) is 4.98 Å². The summed E-state index contributed by atoms with van der Waals surface area (Å²) in [7, 11) is 1.79. The Hall–Kier alpha value is -2.43. The van der Waals surface area contributed by atoms with Crippen molar-refractivity contribution < 1.29 is 9.18 Å². The highest BCUT2D eigenvalue weighted by Crippen LogP contribution is 2.40. The number of hydrogen-bond donors (Lipinski definition) is 1. The first-order valence-corrected chi connectivity index (χ1v) is 9.19. The molecule has 26 heavy (non-hydrogen) atoms. The molecule has 1 aromatic carbocycles. The molecule has 1 heterocycles. The Morgan fingerprint density at radius 1 is 1.23 bits per heavy atom. The lowest BCUT2D eigenvalue weighted by atomic mass is 9.79. The van der Waals surface area contributed by atoms with E-state index in [9.17, 15) is 9.18 Å². The second kappa shape index (κ2) is 7.85. The van der Waals surface area contributed by atoms with Gasteiger partial charge in [-0.05, 0) is 49.6 Å². The van der Waals surface area contributed by atoms with E-state index in [0.29, 0.717) is 6.54 Å². The molecule has 1 saturated carbocycles. The van der Waals surface area contributed by atoms with Crippen LogP contribution in [0, 0.1) is 5.82 Å². The normalized spacial score (nSPS) is 16.9. The third-order valence-corrected chi connectivity index (χ3v) is 5.61. The summed E-state index contributed by atoms with van der Waals surface area (Å²) in [5, 5.41) is 3.09. The second-order valence-corrected chi connectivity index (χ2v) is 7.19. The molecule has 0 saturated heterocycles. The van der Waals surface area contributed by atoms with Gasteiger partial charge in [0.2, 0.25) is 0 Å². The molecule has 1 atom stereocenters. The van der Waals surface area contributed by atoms with Crippen LogP contribution in [0.1, 0.15) is 49.9 Å². The van der Waals surface area contributed by atoms with Gasteiger partial charge in [0, 0.05) is 25.2 Å². The Kier molecular flexibility index (Phi) is 5.55. The molecule has 0 spiro atoms. The standard InChI is InChI=1S/C21H26FN3O/c1-16(19-7-3-6-14-23-19)25(2)20(26)24-15-21(12-4-5-13-21)17-8-10-18(22)11-9-17/h3,6-11,14,16H,4-5,12-13,15H2,1-2H3,(H,24,26). The van der Waals surface area contributed by atoms with Gasteiger partial charge in [0.15, 0.2) is 0 Å². The van der Waals surface area contributed by atoms with Gasteiger partial charge in [0.05, 0.1) is 11.7 Å². The zero-order valence-electron chi connectivity index (χ0n) is 15.4. The number of aromatic nitrogens is 1. The Morgan fingerprint density at radius 3 is 2.54 bits per heavy atom. The molecule has 0 radical (unpaired) electrons. The van der Waals surface area contributed by atoms with E-state index >= 15 is 0 Å². The average Bonchev–Trinajstić information content (AvgIpc) is 3.16. The van der Waals surface area contributed by atoms with Crippen LogP contribution in [0.15, 0.2) is 48.7 Å². The maximum absolute atomic E-state index is 13.3. The number of carbonyl (C=O) groups excluding carboxylic acids is 1. The summed E-state index contributed by atoms with van der Waals surface area (Å²) in [6, 6.07) is 12.2. The van der Waals surface area contributed by atoms with Crippen molar-refractivity contribution in [2.75, 3.05) is 13.6 Å². The first kappa shape index (κ1) is 18.4. The van der Waals surface area contributed by atoms with E-state index in [1.807, 2.05) is 37.3 Å². The lowest BCUT2D eigenvalue weighted by Crippen LogP contribution is -2.45. The SMILES string of the molecule is CC(c1ccccn1)N(C)C(=O)NCC1(c2ccc(F)cc2)CCCC1. The fraction of sp³-hybridized carbons (Fsp3) is 0.429. The smallest absolute Gasteiger partial charge is 0.317 e. The molecule has 1 aliphatic carbocycles. The van der Waals surface area contributed by atoms with Crippen molar-refractivity contribution in [1.82, 2.24) is 15.2 Å². The number of halogens is 1. The average molecular weight is 355 g/mol. The monoisotopic (exact) mass is 355 g/mol. The van der Waals surface area contributed by atoms with Gasteiger partial charge in [-0.15, -0.1) is 0 Å². The molecule has 1 fully saturated rings. The molecule has 2 amide bonds. The van der Waals surface area contributed by atoms with Crippen LogP contribution < -0.4 is 5.32 Å². The van der Waals surface area contributed by atoms with Gasteiger partial charge in [-0.1, -0.05) is 31.0 Å². The molecule has 5 heteroatoms. The number of amides is 2. The lowest BCUT2D eigenvalue weighted by Gasteiger charge is -2.32. The quantitative estimate of drug-likeness (QED) is 0.862. The van der Waals surface area contributed by atoms with Gasteiger partial charge in [0.1, 0.15) is 5.82 Å². The molecule has 1 unspecified atom stereocenters. The Morgan fingerprint density at radius 2 is 1.92 bits per heavy atom. The van der Waals surface area contributed by atoms with Gasteiger partial charge >= 0.3 is 6.03 Å². The number of hydrogen-bond acceptors (Lipinski definition) is 2. The van der Waals surface area contributed by atoms with E-state index in [2.05, 4.69) is 10.3 Å². The van der Waals surface area contributed by atoms with Crippen LogP contribution in [0.5, 0.6) is 0 Å². The van der Waals surface area contributed by atoms with Crippen molar-refractivity contribution >= 4 is 6.03 Å². The second-order valence-electron chi connectivity index (χ2n) is 7.19. The number of rotatable bonds is 5. The zero-order chi connectivity index (χ0) is 18.6. The van der Waals surface area contributed by atoms with E-state index < -0.39 is 0 Å². The minimum atomic E-state index is -0.227. The minimum absolute atomic E-state index is 0.0988. The van der Waals surface area contributed by atoms with Crippen molar-refractivity contribution in [2.45, 2.75) is 44.1 Å². The van der Waals surface area contributed by atoms with Crippen LogP contribution in [0.2, 0.25) is 0 Å². The summed E-state index contributed by atoms with van der Waals surface area (Å²) < 4.78 is 13.3. The van der Waals surface area contributed by atoms with Gasteiger partial charge in [-0.25, -0.2) is 9.18 Å². The summed E-state index contributed by atoms with van der Waals surface area (Å²) in [6.07, 6.45) is 6.03. The third kappa shape index (κ3) is 3.87. The third-order valence-electron chi connectivity index (χ3n) is 5.61. The Labute approximate surface area is 154 Å². The predicted octanol–water partition coefficient (Wildman–Crippen LogP) is 4.44. The zero-order valence-corrected chi connectivity index (χ0v) is 15.4. The fourth-order valence-corrected chi connectivity index (χ4v) is 3.79. The molecule has 3 rings (SSSR count). The van der Waals surface area contributed by atoms with E-state index in [1.54, 1.807) is 18.1 Å². The number of benzene rings is 1. The molecule has 2 aromatic rings. The van der Waals surface area contributed by atoms with Crippen LogP contribution in [0.3, 0.4) is 0 Å². The molecule has 1 aromatic heterocycles. The van der Waals surface area contributed by atoms with Crippen LogP contribution in [0.25, 0.3) is 0 Å². The number of pyridine rings is 1. The van der Waals surface area contributed by atoms with Crippen LogP contribution >= 0.6 is 0 Å². The van der Waals surface area contributed by atoms with E-state index in [1.165, 1.54) is 12.1 Å². The summed E-state index contributed by atoms with van der Waals surface area (Å²) in [5.41, 5.74) is 1.87.